The highest BCUT2D eigenvalue weighted by molar-refractivity contribution is 5.22. The van der Waals surface area contributed by atoms with Crippen LogP contribution in [-0.4, -0.2) is 27.5 Å². The zero-order valence-corrected chi connectivity index (χ0v) is 10.3. The third-order valence-corrected chi connectivity index (χ3v) is 3.20. The van der Waals surface area contributed by atoms with E-state index in [4.69, 9.17) is 5.73 Å². The van der Waals surface area contributed by atoms with Gasteiger partial charge in [0.1, 0.15) is 0 Å². The van der Waals surface area contributed by atoms with Gasteiger partial charge in [-0.25, -0.2) is 4.98 Å². The Kier molecular flexibility index (Phi) is 3.49. The molecule has 0 atom stereocenters. The van der Waals surface area contributed by atoms with Crippen molar-refractivity contribution in [2.24, 2.45) is 0 Å². The first-order chi connectivity index (χ1) is 7.66. The van der Waals surface area contributed by atoms with Gasteiger partial charge in [-0.05, 0) is 39.8 Å². The highest BCUT2D eigenvalue weighted by atomic mass is 15.2. The number of likely N-dealkylation sites (tertiary alicyclic amines) is 1. The largest absolute Gasteiger partial charge is 0.369 e. The minimum Gasteiger partial charge on any atom is -0.369 e. The van der Waals surface area contributed by atoms with Gasteiger partial charge in [0, 0.05) is 18.8 Å². The molecule has 4 nitrogen and oxygen atoms in total. The molecule has 1 saturated heterocycles. The molecule has 16 heavy (non-hydrogen) atoms. The molecule has 2 rings (SSSR count). The summed E-state index contributed by atoms with van der Waals surface area (Å²) < 4.78 is 2.04. The molecule has 0 bridgehead atoms. The number of rotatable bonds is 3. The lowest BCUT2D eigenvalue weighted by molar-refractivity contribution is 0.219. The van der Waals surface area contributed by atoms with Crippen molar-refractivity contribution in [3.63, 3.8) is 0 Å². The van der Waals surface area contributed by atoms with Gasteiger partial charge >= 0.3 is 0 Å². The Bertz CT molecular complexity index is 337. The number of piperidine rings is 1. The van der Waals surface area contributed by atoms with Gasteiger partial charge in [-0.1, -0.05) is 6.42 Å². The average Bonchev–Trinajstić information content (AvgIpc) is 2.61. The Morgan fingerprint density at radius 3 is 2.56 bits per heavy atom. The maximum atomic E-state index is 5.88. The number of hydrogen-bond acceptors (Lipinski definition) is 3. The quantitative estimate of drug-likeness (QED) is 0.851. The highest BCUT2D eigenvalue weighted by Crippen LogP contribution is 2.16. The minimum absolute atomic E-state index is 0.391. The Morgan fingerprint density at radius 2 is 2.00 bits per heavy atom. The van der Waals surface area contributed by atoms with E-state index >= 15 is 0 Å². The summed E-state index contributed by atoms with van der Waals surface area (Å²) in [6, 6.07) is 0.391. The van der Waals surface area contributed by atoms with E-state index < -0.39 is 0 Å². The summed E-state index contributed by atoms with van der Waals surface area (Å²) in [5.41, 5.74) is 6.99. The first-order valence-electron chi connectivity index (χ1n) is 6.22. The van der Waals surface area contributed by atoms with Crippen LogP contribution in [0.2, 0.25) is 0 Å². The summed E-state index contributed by atoms with van der Waals surface area (Å²) in [6.07, 6.45) is 6.11. The van der Waals surface area contributed by atoms with Gasteiger partial charge in [0.25, 0.3) is 0 Å². The predicted molar refractivity (Wildman–Crippen MR) is 66.2 cm³/mol. The van der Waals surface area contributed by atoms with Crippen LogP contribution in [0.3, 0.4) is 0 Å². The maximum absolute atomic E-state index is 5.88. The average molecular weight is 222 g/mol. The van der Waals surface area contributed by atoms with Crippen LogP contribution in [0, 0.1) is 0 Å². The monoisotopic (exact) mass is 222 g/mol. The van der Waals surface area contributed by atoms with E-state index in [1.54, 1.807) is 0 Å². The van der Waals surface area contributed by atoms with Crippen molar-refractivity contribution in [3.8, 4) is 0 Å². The second kappa shape index (κ2) is 4.87. The Morgan fingerprint density at radius 1 is 1.31 bits per heavy atom. The normalized spacial score (nSPS) is 18.2. The fourth-order valence-electron chi connectivity index (χ4n) is 2.30. The number of anilines is 1. The van der Waals surface area contributed by atoms with Crippen molar-refractivity contribution in [3.05, 3.63) is 11.9 Å². The van der Waals surface area contributed by atoms with Crippen LogP contribution >= 0.6 is 0 Å². The molecule has 0 unspecified atom stereocenters. The molecule has 1 aromatic heterocycles. The van der Waals surface area contributed by atoms with Crippen molar-refractivity contribution < 1.29 is 0 Å². The zero-order valence-electron chi connectivity index (χ0n) is 10.3. The van der Waals surface area contributed by atoms with E-state index in [1.165, 1.54) is 32.4 Å². The van der Waals surface area contributed by atoms with Crippen LogP contribution in [0.5, 0.6) is 0 Å². The van der Waals surface area contributed by atoms with E-state index in [2.05, 4.69) is 29.9 Å². The first-order valence-corrected chi connectivity index (χ1v) is 6.22. The molecule has 4 heteroatoms. The molecule has 0 spiro atoms. The number of nitrogens with two attached hydrogens (primary N) is 1. The number of aromatic nitrogens is 2. The van der Waals surface area contributed by atoms with E-state index in [1.807, 2.05) is 4.57 Å². The molecule has 0 amide bonds. The lowest BCUT2D eigenvalue weighted by Crippen LogP contribution is -2.29. The number of nitrogen functional groups attached to an aromatic ring is 1. The minimum atomic E-state index is 0.391. The molecule has 1 aliphatic heterocycles. The lowest BCUT2D eigenvalue weighted by Gasteiger charge is -2.25. The van der Waals surface area contributed by atoms with Crippen LogP contribution in [0.15, 0.2) is 6.20 Å². The smallest absolute Gasteiger partial charge is 0.200 e. The van der Waals surface area contributed by atoms with E-state index in [9.17, 15) is 0 Å². The Labute approximate surface area is 97.4 Å². The lowest BCUT2D eigenvalue weighted by atomic mass is 10.1. The van der Waals surface area contributed by atoms with Crippen LogP contribution in [0.4, 0.5) is 5.95 Å². The molecule has 2 heterocycles. The third-order valence-electron chi connectivity index (χ3n) is 3.20. The zero-order chi connectivity index (χ0) is 11.5. The number of hydrogen-bond donors (Lipinski definition) is 1. The van der Waals surface area contributed by atoms with E-state index in [0.717, 1.165) is 12.2 Å². The third kappa shape index (κ3) is 2.55. The van der Waals surface area contributed by atoms with Crippen molar-refractivity contribution in [2.75, 3.05) is 18.8 Å². The van der Waals surface area contributed by atoms with E-state index in [0.29, 0.717) is 12.0 Å². The van der Waals surface area contributed by atoms with Gasteiger partial charge in [0.2, 0.25) is 5.95 Å². The number of imidazole rings is 1. The fourth-order valence-corrected chi connectivity index (χ4v) is 2.30. The predicted octanol–water partition coefficient (Wildman–Crippen LogP) is 2.03. The van der Waals surface area contributed by atoms with Crippen LogP contribution < -0.4 is 5.73 Å². The fraction of sp³-hybridized carbons (Fsp3) is 0.750. The molecule has 2 N–H and O–H groups in total. The second-order valence-corrected chi connectivity index (χ2v) is 4.93. The van der Waals surface area contributed by atoms with Crippen molar-refractivity contribution >= 4 is 5.95 Å². The summed E-state index contributed by atoms with van der Waals surface area (Å²) in [5.74, 6) is 0.641. The molecule has 1 aromatic rings. The van der Waals surface area contributed by atoms with Gasteiger partial charge in [0.15, 0.2) is 0 Å². The van der Waals surface area contributed by atoms with Crippen molar-refractivity contribution in [2.45, 2.75) is 45.7 Å². The molecule has 0 aliphatic carbocycles. The van der Waals surface area contributed by atoms with Gasteiger partial charge in [0.05, 0.1) is 5.69 Å². The topological polar surface area (TPSA) is 47.1 Å². The van der Waals surface area contributed by atoms with Gasteiger partial charge in [-0.3, -0.25) is 4.90 Å². The van der Waals surface area contributed by atoms with Gasteiger partial charge < -0.3 is 10.3 Å². The SMILES string of the molecule is CC(C)n1cc(CN2CCCCC2)nc1N. The molecule has 0 radical (unpaired) electrons. The molecular weight excluding hydrogens is 200 g/mol. The maximum Gasteiger partial charge on any atom is 0.200 e. The van der Waals surface area contributed by atoms with Crippen LogP contribution in [-0.2, 0) is 6.54 Å². The molecule has 90 valence electrons. The van der Waals surface area contributed by atoms with E-state index in [-0.39, 0.29) is 0 Å². The van der Waals surface area contributed by atoms with Gasteiger partial charge in [-0.15, -0.1) is 0 Å². The Hall–Kier alpha value is -1.03. The van der Waals surface area contributed by atoms with Gasteiger partial charge in [-0.2, -0.15) is 0 Å². The Balaban J connectivity index is 2.01. The summed E-state index contributed by atoms with van der Waals surface area (Å²) in [4.78, 5) is 6.89. The standard InChI is InChI=1S/C12H22N4/c1-10(2)16-9-11(14-12(16)13)8-15-6-4-3-5-7-15/h9-10H,3-8H2,1-2H3,(H2,13,14). The molecule has 1 fully saturated rings. The molecular formula is C12H22N4. The van der Waals surface area contributed by atoms with Crippen LogP contribution in [0.25, 0.3) is 0 Å². The molecule has 1 aliphatic rings. The molecule has 0 saturated carbocycles. The summed E-state index contributed by atoms with van der Waals surface area (Å²) in [5, 5.41) is 0. The summed E-state index contributed by atoms with van der Waals surface area (Å²) in [7, 11) is 0. The van der Waals surface area contributed by atoms with Crippen LogP contribution in [0.1, 0.15) is 44.8 Å². The van der Waals surface area contributed by atoms with Crippen molar-refractivity contribution in [1.82, 2.24) is 14.5 Å². The highest BCUT2D eigenvalue weighted by Gasteiger charge is 2.13. The second-order valence-electron chi connectivity index (χ2n) is 4.93. The summed E-state index contributed by atoms with van der Waals surface area (Å²) >= 11 is 0. The van der Waals surface area contributed by atoms with Crippen molar-refractivity contribution in [1.29, 1.82) is 0 Å². The first kappa shape index (κ1) is 11.5. The number of nitrogens with zero attached hydrogens (tertiary/aromatic N) is 3. The summed E-state index contributed by atoms with van der Waals surface area (Å²) in [6.45, 7) is 7.61. The molecule has 0 aromatic carbocycles.